The maximum absolute atomic E-state index is 13.9. The summed E-state index contributed by atoms with van der Waals surface area (Å²) >= 11 is 5.32. The zero-order valence-electron chi connectivity index (χ0n) is 13.1. The second-order valence-corrected chi connectivity index (χ2v) is 6.40. The highest BCUT2D eigenvalue weighted by Crippen LogP contribution is 2.32. The Kier molecular flexibility index (Phi) is 4.40. The fraction of sp³-hybridized carbons (Fsp3) is 0.375. The molecule has 0 saturated heterocycles. The van der Waals surface area contributed by atoms with Crippen molar-refractivity contribution in [2.75, 3.05) is 7.05 Å². The van der Waals surface area contributed by atoms with Gasteiger partial charge in [-0.2, -0.15) is 0 Å². The molecule has 1 aromatic carbocycles. The third-order valence-corrected chi connectivity index (χ3v) is 4.73. The third-order valence-electron chi connectivity index (χ3n) is 4.42. The predicted octanol–water partition coefficient (Wildman–Crippen LogP) is 3.66. The quantitative estimate of drug-likeness (QED) is 0.828. The first kappa shape index (κ1) is 16.6. The molecule has 3 rings (SSSR count). The Labute approximate surface area is 142 Å². The number of H-pyrrole nitrogens is 1. The number of nitrogens with one attached hydrogen (secondary N) is 1. The lowest BCUT2D eigenvalue weighted by molar-refractivity contribution is 0.152. The smallest absolute Gasteiger partial charge is 0.407 e. The number of fused-ring (bicyclic) bond motifs is 1. The largest absolute Gasteiger partial charge is 0.465 e. The van der Waals surface area contributed by atoms with E-state index in [9.17, 15) is 13.6 Å². The number of halogens is 2. The lowest BCUT2D eigenvalue weighted by Crippen LogP contribution is -2.27. The molecule has 1 atom stereocenters. The zero-order chi connectivity index (χ0) is 17.4. The van der Waals surface area contributed by atoms with Gasteiger partial charge in [-0.15, -0.1) is 0 Å². The molecule has 0 unspecified atom stereocenters. The average molecular weight is 353 g/mol. The summed E-state index contributed by atoms with van der Waals surface area (Å²) in [7, 11) is 1.48. The highest BCUT2D eigenvalue weighted by molar-refractivity contribution is 7.71. The molecular formula is C16H17F2N3O2S. The predicted molar refractivity (Wildman–Crippen MR) is 86.5 cm³/mol. The highest BCUT2D eigenvalue weighted by atomic mass is 32.1. The van der Waals surface area contributed by atoms with Gasteiger partial charge >= 0.3 is 6.09 Å². The lowest BCUT2D eigenvalue weighted by Gasteiger charge is -2.28. The van der Waals surface area contributed by atoms with Crippen molar-refractivity contribution in [2.45, 2.75) is 31.8 Å². The van der Waals surface area contributed by atoms with Gasteiger partial charge in [-0.25, -0.2) is 13.6 Å². The van der Waals surface area contributed by atoms with Crippen LogP contribution in [0.4, 0.5) is 13.6 Å². The molecule has 2 N–H and O–H groups in total. The summed E-state index contributed by atoms with van der Waals surface area (Å²) in [5.41, 5.74) is 1.93. The minimum atomic E-state index is -1.04. The van der Waals surface area contributed by atoms with E-state index in [-0.39, 0.29) is 12.6 Å². The maximum atomic E-state index is 13.9. The van der Waals surface area contributed by atoms with Crippen molar-refractivity contribution in [2.24, 2.45) is 0 Å². The monoisotopic (exact) mass is 353 g/mol. The van der Waals surface area contributed by atoms with Gasteiger partial charge in [0.1, 0.15) is 11.6 Å². The zero-order valence-corrected chi connectivity index (χ0v) is 13.9. The molecule has 0 saturated carbocycles. The normalized spacial score (nSPS) is 16.7. The van der Waals surface area contributed by atoms with Gasteiger partial charge < -0.3 is 19.6 Å². The van der Waals surface area contributed by atoms with E-state index in [1.807, 2.05) is 4.57 Å². The van der Waals surface area contributed by atoms with E-state index < -0.39 is 17.7 Å². The van der Waals surface area contributed by atoms with Gasteiger partial charge in [0.2, 0.25) is 0 Å². The SMILES string of the molecule is CN(Cc1c[nH]c(=S)n1[C@H]1CCc2c(F)cc(F)cc2C1)C(=O)O. The number of aromatic nitrogens is 2. The van der Waals surface area contributed by atoms with E-state index in [0.717, 1.165) is 16.7 Å². The summed E-state index contributed by atoms with van der Waals surface area (Å²) < 4.78 is 29.7. The molecule has 8 heteroatoms. The molecule has 0 radical (unpaired) electrons. The summed E-state index contributed by atoms with van der Waals surface area (Å²) in [6.45, 7) is 0.184. The van der Waals surface area contributed by atoms with Crippen LogP contribution >= 0.6 is 12.2 Å². The number of hydrogen-bond donors (Lipinski definition) is 2. The van der Waals surface area contributed by atoms with Crippen LogP contribution in [-0.2, 0) is 19.4 Å². The van der Waals surface area contributed by atoms with Crippen LogP contribution in [0.2, 0.25) is 0 Å². The minimum absolute atomic E-state index is 0.0605. The van der Waals surface area contributed by atoms with E-state index in [4.69, 9.17) is 17.3 Å². The third kappa shape index (κ3) is 3.06. The topological polar surface area (TPSA) is 61.3 Å². The van der Waals surface area contributed by atoms with Crippen molar-refractivity contribution < 1.29 is 18.7 Å². The number of nitrogens with zero attached hydrogens (tertiary/aromatic N) is 2. The summed E-state index contributed by atoms with van der Waals surface area (Å²) in [6.07, 6.45) is 2.26. The molecule has 1 aliphatic rings. The van der Waals surface area contributed by atoms with Gasteiger partial charge in [0.25, 0.3) is 0 Å². The number of amides is 1. The van der Waals surface area contributed by atoms with Crippen LogP contribution in [0.5, 0.6) is 0 Å². The molecule has 1 aliphatic carbocycles. The van der Waals surface area contributed by atoms with Crippen LogP contribution in [0.15, 0.2) is 18.3 Å². The Morgan fingerprint density at radius 1 is 1.50 bits per heavy atom. The van der Waals surface area contributed by atoms with Gasteiger partial charge in [-0.3, -0.25) is 0 Å². The summed E-state index contributed by atoms with van der Waals surface area (Å²) in [5.74, 6) is -1.10. The van der Waals surface area contributed by atoms with E-state index in [2.05, 4.69) is 4.98 Å². The molecule has 0 bridgehead atoms. The molecule has 128 valence electrons. The Hall–Kier alpha value is -2.22. The summed E-state index contributed by atoms with van der Waals surface area (Å²) in [6, 6.07) is 2.22. The van der Waals surface area contributed by atoms with E-state index >= 15 is 0 Å². The van der Waals surface area contributed by atoms with Gasteiger partial charge in [-0.05, 0) is 48.7 Å². The standard InChI is InChI=1S/C16H17F2N3O2S/c1-20(16(22)23)8-12-7-19-15(24)21(12)11-2-3-13-9(5-11)4-10(17)6-14(13)18/h4,6-7,11H,2-3,5,8H2,1H3,(H,19,24)(H,22,23)/t11-/m0/s1. The first-order chi connectivity index (χ1) is 11.4. The van der Waals surface area contributed by atoms with Gasteiger partial charge in [-0.1, -0.05) is 0 Å². The molecule has 0 spiro atoms. The molecule has 0 fully saturated rings. The number of hydrogen-bond acceptors (Lipinski definition) is 2. The summed E-state index contributed by atoms with van der Waals surface area (Å²) in [4.78, 5) is 15.1. The van der Waals surface area contributed by atoms with Gasteiger partial charge in [0, 0.05) is 25.4 Å². The first-order valence-corrected chi connectivity index (χ1v) is 7.97. The van der Waals surface area contributed by atoms with Crippen LogP contribution in [-0.4, -0.2) is 32.7 Å². The molecule has 0 aliphatic heterocycles. The molecule has 1 amide bonds. The average Bonchev–Trinajstić information content (AvgIpc) is 2.87. The van der Waals surface area contributed by atoms with Crippen molar-refractivity contribution in [3.05, 3.63) is 51.6 Å². The van der Waals surface area contributed by atoms with E-state index in [0.29, 0.717) is 35.2 Å². The number of rotatable bonds is 3. The van der Waals surface area contributed by atoms with Crippen LogP contribution in [0.1, 0.15) is 29.3 Å². The molecule has 5 nitrogen and oxygen atoms in total. The van der Waals surface area contributed by atoms with Crippen molar-refractivity contribution in [3.8, 4) is 0 Å². The first-order valence-electron chi connectivity index (χ1n) is 7.56. The minimum Gasteiger partial charge on any atom is -0.465 e. The van der Waals surface area contributed by atoms with Gasteiger partial charge in [0.15, 0.2) is 4.77 Å². The fourth-order valence-electron chi connectivity index (χ4n) is 3.25. The molecular weight excluding hydrogens is 336 g/mol. The number of imidazole rings is 1. The van der Waals surface area contributed by atoms with Crippen LogP contribution < -0.4 is 0 Å². The highest BCUT2D eigenvalue weighted by Gasteiger charge is 2.25. The number of carboxylic acid groups (broad SMARTS) is 1. The van der Waals surface area contributed by atoms with Crippen molar-refractivity contribution >= 4 is 18.3 Å². The van der Waals surface area contributed by atoms with Crippen molar-refractivity contribution in [1.82, 2.24) is 14.5 Å². The van der Waals surface area contributed by atoms with E-state index in [1.165, 1.54) is 13.1 Å². The Balaban J connectivity index is 1.92. The molecule has 24 heavy (non-hydrogen) atoms. The molecule has 1 aromatic heterocycles. The van der Waals surface area contributed by atoms with Crippen LogP contribution in [0.25, 0.3) is 0 Å². The second-order valence-electron chi connectivity index (χ2n) is 6.02. The number of carbonyl (C=O) groups is 1. The maximum Gasteiger partial charge on any atom is 0.407 e. The Morgan fingerprint density at radius 3 is 2.96 bits per heavy atom. The lowest BCUT2D eigenvalue weighted by atomic mass is 9.87. The van der Waals surface area contributed by atoms with Crippen LogP contribution in [0, 0.1) is 16.4 Å². The Bertz CT molecular complexity index is 846. The number of benzene rings is 1. The molecule has 2 aromatic rings. The van der Waals surface area contributed by atoms with Gasteiger partial charge in [0.05, 0.1) is 12.2 Å². The van der Waals surface area contributed by atoms with Crippen LogP contribution in [0.3, 0.4) is 0 Å². The second kappa shape index (κ2) is 6.35. The Morgan fingerprint density at radius 2 is 2.25 bits per heavy atom. The number of aromatic amines is 1. The van der Waals surface area contributed by atoms with Crippen molar-refractivity contribution in [3.63, 3.8) is 0 Å². The molecule has 1 heterocycles. The fourth-order valence-corrected chi connectivity index (χ4v) is 3.58. The summed E-state index contributed by atoms with van der Waals surface area (Å²) in [5, 5.41) is 9.04. The van der Waals surface area contributed by atoms with Crippen molar-refractivity contribution in [1.29, 1.82) is 0 Å². The van der Waals surface area contributed by atoms with E-state index in [1.54, 1.807) is 6.20 Å².